The van der Waals surface area contributed by atoms with Crippen LogP contribution in [0.15, 0.2) is 34.1 Å². The number of nitrogens with two attached hydrogens (primary N) is 1. The lowest BCUT2D eigenvalue weighted by Crippen LogP contribution is -2.13. The number of halogens is 4. The van der Waals surface area contributed by atoms with Crippen molar-refractivity contribution in [2.24, 2.45) is 5.73 Å². The molecule has 1 aromatic carbocycles. The maximum atomic E-state index is 12.6. The normalized spacial score (nSPS) is 13.6. The summed E-state index contributed by atoms with van der Waals surface area (Å²) in [5.41, 5.74) is 6.71. The number of hydrogen-bond acceptors (Lipinski definition) is 2. The standard InChI is InChI=1S/C13H11BrF3NS/c1-7-4-8(13(15,16)17)2-3-10(7)12(18)11-5-9(14)6-19-11/h2-6,12H,18H2,1H3. The molecular weight excluding hydrogens is 339 g/mol. The minimum Gasteiger partial charge on any atom is -0.320 e. The third kappa shape index (κ3) is 3.19. The van der Waals surface area contributed by atoms with Gasteiger partial charge in [-0.15, -0.1) is 11.3 Å². The molecule has 0 saturated carbocycles. The van der Waals surface area contributed by atoms with Crippen molar-refractivity contribution in [2.75, 3.05) is 0 Å². The van der Waals surface area contributed by atoms with E-state index in [0.29, 0.717) is 11.1 Å². The van der Waals surface area contributed by atoms with Gasteiger partial charge >= 0.3 is 6.18 Å². The molecule has 6 heteroatoms. The summed E-state index contributed by atoms with van der Waals surface area (Å²) in [6.45, 7) is 1.65. The first-order chi connectivity index (χ1) is 8.79. The van der Waals surface area contributed by atoms with Crippen molar-refractivity contribution in [1.29, 1.82) is 0 Å². The summed E-state index contributed by atoms with van der Waals surface area (Å²) in [5, 5.41) is 1.90. The Morgan fingerprint density at radius 1 is 1.26 bits per heavy atom. The van der Waals surface area contributed by atoms with E-state index in [0.717, 1.165) is 21.5 Å². The van der Waals surface area contributed by atoms with Crippen LogP contribution in [0.2, 0.25) is 0 Å². The zero-order chi connectivity index (χ0) is 14.2. The molecule has 1 aromatic heterocycles. The van der Waals surface area contributed by atoms with Crippen molar-refractivity contribution in [3.63, 3.8) is 0 Å². The van der Waals surface area contributed by atoms with Crippen LogP contribution in [0.3, 0.4) is 0 Å². The number of rotatable bonds is 2. The lowest BCUT2D eigenvalue weighted by Gasteiger charge is -2.15. The van der Waals surface area contributed by atoms with Crippen LogP contribution in [-0.4, -0.2) is 0 Å². The number of hydrogen-bond donors (Lipinski definition) is 1. The summed E-state index contributed by atoms with van der Waals surface area (Å²) in [6.07, 6.45) is -4.32. The first-order valence-corrected chi connectivity index (χ1v) is 7.13. The van der Waals surface area contributed by atoms with Gasteiger partial charge in [-0.05, 0) is 52.2 Å². The summed E-state index contributed by atoms with van der Waals surface area (Å²) in [4.78, 5) is 0.912. The molecule has 19 heavy (non-hydrogen) atoms. The molecule has 0 saturated heterocycles. The quantitative estimate of drug-likeness (QED) is 0.820. The predicted octanol–water partition coefficient (Wildman–Crippen LogP) is 4.89. The average molecular weight is 350 g/mol. The summed E-state index contributed by atoms with van der Waals surface area (Å²) in [6, 6.07) is 5.14. The molecule has 0 aliphatic carbocycles. The van der Waals surface area contributed by atoms with E-state index in [2.05, 4.69) is 15.9 Å². The maximum Gasteiger partial charge on any atom is 0.416 e. The minimum absolute atomic E-state index is 0.404. The highest BCUT2D eigenvalue weighted by Crippen LogP contribution is 2.34. The number of thiophene rings is 1. The van der Waals surface area contributed by atoms with Crippen molar-refractivity contribution >= 4 is 27.3 Å². The lowest BCUT2D eigenvalue weighted by atomic mass is 9.98. The Balaban J connectivity index is 2.36. The second kappa shape index (κ2) is 5.26. The highest BCUT2D eigenvalue weighted by Gasteiger charge is 2.31. The molecule has 102 valence electrons. The van der Waals surface area contributed by atoms with E-state index in [4.69, 9.17) is 5.73 Å². The smallest absolute Gasteiger partial charge is 0.320 e. The molecule has 1 atom stereocenters. The Hall–Kier alpha value is -0.850. The molecule has 0 fully saturated rings. The first kappa shape index (κ1) is 14.6. The van der Waals surface area contributed by atoms with Crippen LogP contribution < -0.4 is 5.73 Å². The molecule has 2 rings (SSSR count). The fourth-order valence-electron chi connectivity index (χ4n) is 1.85. The Morgan fingerprint density at radius 2 is 1.95 bits per heavy atom. The van der Waals surface area contributed by atoms with Crippen molar-refractivity contribution in [3.05, 3.63) is 55.7 Å². The highest BCUT2D eigenvalue weighted by atomic mass is 79.9. The third-order valence-corrected chi connectivity index (χ3v) is 4.60. The van der Waals surface area contributed by atoms with Crippen molar-refractivity contribution < 1.29 is 13.2 Å². The second-order valence-corrected chi connectivity index (χ2v) is 6.07. The molecule has 2 aromatic rings. The van der Waals surface area contributed by atoms with E-state index in [1.165, 1.54) is 17.4 Å². The van der Waals surface area contributed by atoms with Gasteiger partial charge in [0.25, 0.3) is 0 Å². The van der Waals surface area contributed by atoms with E-state index in [-0.39, 0.29) is 0 Å². The molecule has 0 amide bonds. The Morgan fingerprint density at radius 3 is 2.42 bits per heavy atom. The maximum absolute atomic E-state index is 12.6. The monoisotopic (exact) mass is 349 g/mol. The van der Waals surface area contributed by atoms with Gasteiger partial charge in [-0.3, -0.25) is 0 Å². The predicted molar refractivity (Wildman–Crippen MR) is 74.2 cm³/mol. The van der Waals surface area contributed by atoms with Crippen molar-refractivity contribution in [1.82, 2.24) is 0 Å². The van der Waals surface area contributed by atoms with Crippen molar-refractivity contribution in [2.45, 2.75) is 19.1 Å². The molecule has 1 nitrogen and oxygen atoms in total. The molecule has 1 heterocycles. The zero-order valence-electron chi connectivity index (χ0n) is 9.96. The van der Waals surface area contributed by atoms with Crippen LogP contribution in [-0.2, 0) is 6.18 Å². The van der Waals surface area contributed by atoms with E-state index in [9.17, 15) is 13.2 Å². The van der Waals surface area contributed by atoms with Gasteiger partial charge < -0.3 is 5.73 Å². The van der Waals surface area contributed by atoms with Gasteiger partial charge in [-0.25, -0.2) is 0 Å². The number of alkyl halides is 3. The summed E-state index contributed by atoms with van der Waals surface area (Å²) < 4.78 is 38.7. The molecule has 0 aliphatic heterocycles. The Kier molecular flexibility index (Phi) is 4.03. The molecule has 2 N–H and O–H groups in total. The number of benzene rings is 1. The molecule has 0 spiro atoms. The van der Waals surface area contributed by atoms with Gasteiger partial charge in [-0.1, -0.05) is 6.07 Å². The average Bonchev–Trinajstić information content (AvgIpc) is 2.73. The summed E-state index contributed by atoms with van der Waals surface area (Å²) >= 11 is 4.81. The molecule has 1 unspecified atom stereocenters. The molecule has 0 aliphatic rings. The van der Waals surface area contributed by atoms with Crippen LogP contribution in [0.25, 0.3) is 0 Å². The fraction of sp³-hybridized carbons (Fsp3) is 0.231. The van der Waals surface area contributed by atoms with E-state index in [1.54, 1.807) is 6.92 Å². The van der Waals surface area contributed by atoms with Crippen molar-refractivity contribution in [3.8, 4) is 0 Å². The zero-order valence-corrected chi connectivity index (χ0v) is 12.4. The van der Waals surface area contributed by atoms with Crippen LogP contribution >= 0.6 is 27.3 Å². The number of aryl methyl sites for hydroxylation is 1. The van der Waals surface area contributed by atoms with Gasteiger partial charge in [0.1, 0.15) is 0 Å². The van der Waals surface area contributed by atoms with Crippen LogP contribution in [0, 0.1) is 6.92 Å². The van der Waals surface area contributed by atoms with Crippen LogP contribution in [0.1, 0.15) is 27.6 Å². The Labute approximate surface area is 121 Å². The third-order valence-electron chi connectivity index (χ3n) is 2.83. The van der Waals surface area contributed by atoms with Gasteiger partial charge in [0.05, 0.1) is 11.6 Å². The Bertz CT molecular complexity index is 592. The van der Waals surface area contributed by atoms with E-state index >= 15 is 0 Å². The van der Waals surface area contributed by atoms with Gasteiger partial charge in [0.2, 0.25) is 0 Å². The molecule has 0 bridgehead atoms. The fourth-order valence-corrected chi connectivity index (χ4v) is 3.31. The lowest BCUT2D eigenvalue weighted by molar-refractivity contribution is -0.137. The molecule has 0 radical (unpaired) electrons. The summed E-state index contributed by atoms with van der Waals surface area (Å²) in [5.74, 6) is 0. The largest absolute Gasteiger partial charge is 0.416 e. The van der Waals surface area contributed by atoms with Gasteiger partial charge in [-0.2, -0.15) is 13.2 Å². The topological polar surface area (TPSA) is 26.0 Å². The van der Waals surface area contributed by atoms with E-state index in [1.807, 2.05) is 11.4 Å². The van der Waals surface area contributed by atoms with Crippen LogP contribution in [0.4, 0.5) is 13.2 Å². The van der Waals surface area contributed by atoms with Crippen LogP contribution in [0.5, 0.6) is 0 Å². The SMILES string of the molecule is Cc1cc(C(F)(F)F)ccc1C(N)c1cc(Br)cs1. The van der Waals surface area contributed by atoms with Gasteiger partial charge in [0.15, 0.2) is 0 Å². The van der Waals surface area contributed by atoms with E-state index < -0.39 is 17.8 Å². The highest BCUT2D eigenvalue weighted by molar-refractivity contribution is 9.10. The van der Waals surface area contributed by atoms with Gasteiger partial charge in [0, 0.05) is 14.7 Å². The summed E-state index contributed by atoms with van der Waals surface area (Å²) in [7, 11) is 0. The first-order valence-electron chi connectivity index (χ1n) is 5.46. The minimum atomic E-state index is -4.32. The second-order valence-electron chi connectivity index (χ2n) is 4.21. The molecular formula is C13H11BrF3NS.